The highest BCUT2D eigenvalue weighted by Crippen LogP contribution is 2.59. The van der Waals surface area contributed by atoms with E-state index in [2.05, 4.69) is 10.6 Å². The summed E-state index contributed by atoms with van der Waals surface area (Å²) >= 11 is 0. The largest absolute Gasteiger partial charge is 0.507 e. The maximum atomic E-state index is 14.1. The van der Waals surface area contributed by atoms with Gasteiger partial charge >= 0.3 is 0 Å². The fourth-order valence-electron chi connectivity index (χ4n) is 7.40. The van der Waals surface area contributed by atoms with Gasteiger partial charge in [-0.25, -0.2) is 0 Å². The second-order valence-corrected chi connectivity index (χ2v) is 13.6. The minimum atomic E-state index is -1.68. The van der Waals surface area contributed by atoms with E-state index in [-0.39, 0.29) is 92.0 Å². The molecule has 270 valence electrons. The van der Waals surface area contributed by atoms with Crippen molar-refractivity contribution in [2.45, 2.75) is 66.2 Å². The first kappa shape index (κ1) is 35.6. The van der Waals surface area contributed by atoms with E-state index in [1.54, 1.807) is 0 Å². The summed E-state index contributed by atoms with van der Waals surface area (Å²) in [6.07, 6.45) is 2.22. The van der Waals surface area contributed by atoms with Gasteiger partial charge < -0.3 is 40.5 Å². The van der Waals surface area contributed by atoms with Gasteiger partial charge in [0.05, 0.1) is 22.3 Å². The predicted octanol–water partition coefficient (Wildman–Crippen LogP) is 3.33. The third kappa shape index (κ3) is 4.55. The second-order valence-electron chi connectivity index (χ2n) is 13.6. The molecule has 0 aromatic heterocycles. The number of benzene rings is 2. The number of allylic oxidation sites excluding steroid dienone is 8. The molecule has 0 spiro atoms. The van der Waals surface area contributed by atoms with Gasteiger partial charge in [0.2, 0.25) is 0 Å². The standard InChI is InChI=1S/C38H36N2O12/c1-13-29(45)25(17(5)41)33-27(31(13)47)37(7)21(51-33)11-19(43)23(35(37)49)15(3)39-9-10-40-16(4)24-20(44)12-22-38(8,36(24)50)28-32(48)14(2)30(46)26(18(6)42)34(28)52-22/h11-12,39-40,45-48H,9-10H2,1-8H3/b23-15+,24-16+/t37-,38-/m0/s1. The molecule has 2 aliphatic carbocycles. The Hall–Kier alpha value is -6.18. The van der Waals surface area contributed by atoms with Gasteiger partial charge in [-0.2, -0.15) is 0 Å². The summed E-state index contributed by atoms with van der Waals surface area (Å²) in [5.41, 5.74) is -3.99. The molecule has 2 heterocycles. The Morgan fingerprint density at radius 1 is 0.615 bits per heavy atom. The molecule has 0 unspecified atom stereocenters. The number of fused-ring (bicyclic) bond motifs is 6. The smallest absolute Gasteiger partial charge is 0.194 e. The average molecular weight is 713 g/mol. The van der Waals surface area contributed by atoms with Crippen LogP contribution in [-0.2, 0) is 30.0 Å². The van der Waals surface area contributed by atoms with Gasteiger partial charge in [0.1, 0.15) is 68.0 Å². The number of carbonyl (C=O) groups is 6. The van der Waals surface area contributed by atoms with Gasteiger partial charge in [0.25, 0.3) is 0 Å². The van der Waals surface area contributed by atoms with Crippen LogP contribution in [0.5, 0.6) is 34.5 Å². The van der Waals surface area contributed by atoms with Crippen LogP contribution in [0.3, 0.4) is 0 Å². The molecule has 0 amide bonds. The monoisotopic (exact) mass is 712 g/mol. The lowest BCUT2D eigenvalue weighted by atomic mass is 9.70. The Labute approximate surface area is 297 Å². The molecule has 14 heteroatoms. The van der Waals surface area contributed by atoms with Crippen LogP contribution in [0, 0.1) is 13.8 Å². The lowest BCUT2D eigenvalue weighted by Crippen LogP contribution is -2.42. The van der Waals surface area contributed by atoms with Gasteiger partial charge in [0, 0.05) is 47.8 Å². The summed E-state index contributed by atoms with van der Waals surface area (Å²) in [7, 11) is 0. The maximum Gasteiger partial charge on any atom is 0.194 e. The summed E-state index contributed by atoms with van der Waals surface area (Å²) < 4.78 is 11.6. The van der Waals surface area contributed by atoms with E-state index in [1.807, 2.05) is 0 Å². The second kappa shape index (κ2) is 11.7. The number of hydrogen-bond acceptors (Lipinski definition) is 14. The van der Waals surface area contributed by atoms with E-state index in [0.29, 0.717) is 0 Å². The minimum Gasteiger partial charge on any atom is -0.507 e. The number of phenols is 4. The lowest BCUT2D eigenvalue weighted by molar-refractivity contribution is -0.125. The normalized spacial score (nSPS) is 23.4. The molecule has 0 bridgehead atoms. The van der Waals surface area contributed by atoms with E-state index in [4.69, 9.17) is 9.47 Å². The first-order chi connectivity index (χ1) is 24.2. The van der Waals surface area contributed by atoms with E-state index in [9.17, 15) is 49.2 Å². The lowest BCUT2D eigenvalue weighted by Gasteiger charge is -2.29. The number of rotatable bonds is 7. The molecule has 6 rings (SSSR count). The Balaban J connectivity index is 1.25. The van der Waals surface area contributed by atoms with Crippen molar-refractivity contribution in [3.05, 3.63) is 79.6 Å². The molecule has 2 aromatic carbocycles. The van der Waals surface area contributed by atoms with Crippen LogP contribution >= 0.6 is 0 Å². The number of phenolic OH excluding ortho intramolecular Hbond substituents is 4. The number of ether oxygens (including phenoxy) is 2. The molecule has 2 atom stereocenters. The van der Waals surface area contributed by atoms with E-state index in [0.717, 1.165) is 12.2 Å². The quantitative estimate of drug-likeness (QED) is 0.105. The van der Waals surface area contributed by atoms with Crippen LogP contribution in [0.2, 0.25) is 0 Å². The van der Waals surface area contributed by atoms with Gasteiger partial charge in [-0.15, -0.1) is 0 Å². The predicted molar refractivity (Wildman–Crippen MR) is 183 cm³/mol. The van der Waals surface area contributed by atoms with Crippen molar-refractivity contribution in [2.75, 3.05) is 13.1 Å². The van der Waals surface area contributed by atoms with Gasteiger partial charge in [-0.1, -0.05) is 0 Å². The Bertz CT molecular complexity index is 2130. The zero-order valence-corrected chi connectivity index (χ0v) is 29.6. The molecule has 0 saturated heterocycles. The molecule has 4 aliphatic rings. The molecular weight excluding hydrogens is 676 g/mol. The van der Waals surface area contributed by atoms with Gasteiger partial charge in [-0.3, -0.25) is 28.8 Å². The van der Waals surface area contributed by atoms with E-state index >= 15 is 0 Å². The van der Waals surface area contributed by atoms with Crippen LogP contribution in [0.1, 0.15) is 84.5 Å². The highest BCUT2D eigenvalue weighted by atomic mass is 16.5. The zero-order valence-electron chi connectivity index (χ0n) is 29.6. The third-order valence-corrected chi connectivity index (χ3v) is 10.4. The number of Topliss-reactive ketones (excluding diaryl/α,β-unsaturated/α-hetero) is 4. The van der Waals surface area contributed by atoms with Crippen molar-refractivity contribution in [1.82, 2.24) is 10.6 Å². The minimum absolute atomic E-state index is 0.0250. The van der Waals surface area contributed by atoms with E-state index < -0.39 is 68.5 Å². The molecular formula is C38H36N2O12. The molecule has 52 heavy (non-hydrogen) atoms. The summed E-state index contributed by atoms with van der Waals surface area (Å²) in [5.74, 6) is -6.34. The Morgan fingerprint density at radius 2 is 0.942 bits per heavy atom. The fourth-order valence-corrected chi connectivity index (χ4v) is 7.40. The topological polar surface area (TPSA) is 226 Å². The average Bonchev–Trinajstić information content (AvgIpc) is 3.52. The Kier molecular flexibility index (Phi) is 8.01. The molecule has 0 radical (unpaired) electrons. The molecule has 0 saturated carbocycles. The Morgan fingerprint density at radius 3 is 1.25 bits per heavy atom. The SMILES string of the molecule is CC(=O)c1c(O)c(C)c(O)c2c1OC1=CC(=O)/C(=C(/C)NCCN/C(C)=C3\C(=O)C=C4Oc5c(C(C)=O)c(O)c(C)c(O)c5[C@@]4(C)C3=O)C(=O)[C@@]12C. The zero-order chi connectivity index (χ0) is 38.5. The molecule has 6 N–H and O–H groups in total. The van der Waals surface area contributed by atoms with Crippen LogP contribution < -0.4 is 20.1 Å². The van der Waals surface area contributed by atoms with Crippen molar-refractivity contribution in [3.8, 4) is 34.5 Å². The summed E-state index contributed by atoms with van der Waals surface area (Å²) in [4.78, 5) is 79.5. The van der Waals surface area contributed by atoms with Crippen LogP contribution in [0.15, 0.2) is 46.2 Å². The summed E-state index contributed by atoms with van der Waals surface area (Å²) in [5, 5.41) is 49.2. The number of hydrogen-bond donors (Lipinski definition) is 6. The van der Waals surface area contributed by atoms with Crippen molar-refractivity contribution < 1.29 is 58.7 Å². The maximum absolute atomic E-state index is 14.1. The summed E-state index contributed by atoms with van der Waals surface area (Å²) in [6.45, 7) is 11.3. The molecule has 2 aliphatic heterocycles. The van der Waals surface area contributed by atoms with Crippen LogP contribution in [-0.4, -0.2) is 68.2 Å². The molecule has 14 nitrogen and oxygen atoms in total. The number of aromatic hydroxyl groups is 4. The van der Waals surface area contributed by atoms with Crippen molar-refractivity contribution in [1.29, 1.82) is 0 Å². The van der Waals surface area contributed by atoms with Crippen LogP contribution in [0.25, 0.3) is 0 Å². The third-order valence-electron chi connectivity index (χ3n) is 10.4. The number of carbonyl (C=O) groups excluding carboxylic acids is 6. The number of ketones is 6. The number of nitrogens with one attached hydrogen (secondary N) is 2. The van der Waals surface area contributed by atoms with Crippen molar-refractivity contribution in [3.63, 3.8) is 0 Å². The molecule has 2 aromatic rings. The highest BCUT2D eigenvalue weighted by Gasteiger charge is 2.57. The first-order valence-electron chi connectivity index (χ1n) is 16.3. The van der Waals surface area contributed by atoms with Crippen LogP contribution in [0.4, 0.5) is 0 Å². The van der Waals surface area contributed by atoms with Gasteiger partial charge in [-0.05, 0) is 55.4 Å². The summed E-state index contributed by atoms with van der Waals surface area (Å²) in [6, 6.07) is 0. The van der Waals surface area contributed by atoms with Crippen molar-refractivity contribution >= 4 is 34.7 Å². The van der Waals surface area contributed by atoms with Crippen molar-refractivity contribution in [2.24, 2.45) is 0 Å². The van der Waals surface area contributed by atoms with Gasteiger partial charge in [0.15, 0.2) is 34.7 Å². The first-order valence-corrected chi connectivity index (χ1v) is 16.3. The molecule has 0 fully saturated rings. The highest BCUT2D eigenvalue weighted by molar-refractivity contribution is 6.32. The van der Waals surface area contributed by atoms with E-state index in [1.165, 1.54) is 55.4 Å². The fraction of sp³-hybridized carbons (Fsp3) is 0.316.